The number of hydrogen-bond donors (Lipinski definition) is 0. The lowest BCUT2D eigenvalue weighted by atomic mass is 10.0. The summed E-state index contributed by atoms with van der Waals surface area (Å²) in [7, 11) is 0. The van der Waals surface area contributed by atoms with Crippen LogP contribution in [0.2, 0.25) is 0 Å². The molecular weight excluding hydrogens is 441 g/mol. The lowest BCUT2D eigenvalue weighted by Gasteiger charge is -2.23. The zero-order valence-electron chi connectivity index (χ0n) is 18.5. The molecule has 1 atom stereocenters. The first kappa shape index (κ1) is 21.8. The summed E-state index contributed by atoms with van der Waals surface area (Å²) in [5.41, 5.74) is 1.46. The Hall–Kier alpha value is -4.01. The highest BCUT2D eigenvalue weighted by Gasteiger charge is 2.43. The predicted molar refractivity (Wildman–Crippen MR) is 120 cm³/mol. The van der Waals surface area contributed by atoms with Crippen LogP contribution in [0.25, 0.3) is 11.8 Å². The Morgan fingerprint density at radius 2 is 1.91 bits per heavy atom. The highest BCUT2D eigenvalue weighted by atomic mass is 19.1. The van der Waals surface area contributed by atoms with E-state index in [9.17, 15) is 23.6 Å². The van der Waals surface area contributed by atoms with Crippen molar-refractivity contribution < 1.29 is 28.3 Å². The van der Waals surface area contributed by atoms with Crippen molar-refractivity contribution in [3.05, 3.63) is 70.5 Å². The van der Waals surface area contributed by atoms with Crippen molar-refractivity contribution >= 4 is 35.6 Å². The molecule has 3 heterocycles. The molecule has 174 valence electrons. The molecule has 2 fully saturated rings. The zero-order valence-corrected chi connectivity index (χ0v) is 18.5. The SMILES string of the molecule is CCN1CC(=O)N([C@@H]2CCN(C(=O)c3cc(C=C4OC(=O)c5ccccc54)ccc3F)C2)C1=O. The molecule has 0 saturated carbocycles. The van der Waals surface area contributed by atoms with Gasteiger partial charge in [0.05, 0.1) is 17.2 Å². The summed E-state index contributed by atoms with van der Waals surface area (Å²) >= 11 is 0. The van der Waals surface area contributed by atoms with Crippen LogP contribution in [0.15, 0.2) is 42.5 Å². The molecule has 0 N–H and O–H groups in total. The number of carbonyl (C=O) groups excluding carboxylic acids is 4. The van der Waals surface area contributed by atoms with E-state index in [2.05, 4.69) is 0 Å². The fourth-order valence-electron chi connectivity index (χ4n) is 4.62. The van der Waals surface area contributed by atoms with Crippen molar-refractivity contribution in [2.75, 3.05) is 26.2 Å². The molecule has 34 heavy (non-hydrogen) atoms. The van der Waals surface area contributed by atoms with Gasteiger partial charge >= 0.3 is 12.0 Å². The Morgan fingerprint density at radius 3 is 2.65 bits per heavy atom. The largest absolute Gasteiger partial charge is 0.422 e. The van der Waals surface area contributed by atoms with Gasteiger partial charge in [-0.1, -0.05) is 24.3 Å². The van der Waals surface area contributed by atoms with Crippen LogP contribution in [-0.4, -0.2) is 70.7 Å². The number of imide groups is 1. The van der Waals surface area contributed by atoms with Crippen LogP contribution in [0.1, 0.15) is 45.2 Å². The van der Waals surface area contributed by atoms with E-state index in [-0.39, 0.29) is 30.6 Å². The summed E-state index contributed by atoms with van der Waals surface area (Å²) in [5.74, 6) is -1.60. The summed E-state index contributed by atoms with van der Waals surface area (Å²) in [4.78, 5) is 54.1. The summed E-state index contributed by atoms with van der Waals surface area (Å²) in [5, 5.41) is 0. The number of benzene rings is 2. The van der Waals surface area contributed by atoms with E-state index in [0.717, 1.165) is 0 Å². The van der Waals surface area contributed by atoms with Crippen LogP contribution < -0.4 is 0 Å². The lowest BCUT2D eigenvalue weighted by Crippen LogP contribution is -2.43. The Labute approximate surface area is 195 Å². The van der Waals surface area contributed by atoms with E-state index in [1.807, 2.05) is 0 Å². The second-order valence-corrected chi connectivity index (χ2v) is 8.44. The molecule has 0 radical (unpaired) electrons. The van der Waals surface area contributed by atoms with E-state index in [1.54, 1.807) is 37.3 Å². The van der Waals surface area contributed by atoms with Gasteiger partial charge < -0.3 is 14.5 Å². The van der Waals surface area contributed by atoms with Gasteiger partial charge in [0.2, 0.25) is 0 Å². The molecule has 2 aromatic carbocycles. The Bertz CT molecular complexity index is 1260. The number of fused-ring (bicyclic) bond motifs is 1. The third-order valence-electron chi connectivity index (χ3n) is 6.40. The fourth-order valence-corrected chi connectivity index (χ4v) is 4.62. The number of amides is 4. The third-order valence-corrected chi connectivity index (χ3v) is 6.40. The minimum absolute atomic E-state index is 0.0405. The summed E-state index contributed by atoms with van der Waals surface area (Å²) < 4.78 is 20.0. The van der Waals surface area contributed by atoms with Gasteiger partial charge in [-0.25, -0.2) is 14.0 Å². The van der Waals surface area contributed by atoms with Gasteiger partial charge in [0.1, 0.15) is 18.1 Å². The summed E-state index contributed by atoms with van der Waals surface area (Å²) in [6.45, 7) is 2.74. The number of ether oxygens (including phenoxy) is 1. The van der Waals surface area contributed by atoms with Gasteiger partial charge in [-0.05, 0) is 43.2 Å². The topological polar surface area (TPSA) is 87.2 Å². The highest BCUT2D eigenvalue weighted by Crippen LogP contribution is 2.31. The van der Waals surface area contributed by atoms with E-state index in [1.165, 1.54) is 32.9 Å². The number of urea groups is 1. The first-order chi connectivity index (χ1) is 16.4. The maximum absolute atomic E-state index is 14.6. The van der Waals surface area contributed by atoms with Crippen molar-refractivity contribution in [1.82, 2.24) is 14.7 Å². The standard InChI is InChI=1S/C25H22FN3O5/c1-2-27-14-22(30)29(25(27)33)16-9-10-28(13-16)23(31)19-11-15(7-8-20(19)26)12-21-17-5-3-4-6-18(17)24(32)34-21/h3-8,11-12,16H,2,9-10,13-14H2,1H3/t16-/m1/s1. The number of esters is 1. The monoisotopic (exact) mass is 463 g/mol. The van der Waals surface area contributed by atoms with Crippen molar-refractivity contribution in [3.8, 4) is 0 Å². The Balaban J connectivity index is 1.36. The Kier molecular flexibility index (Phi) is 5.39. The molecule has 5 rings (SSSR count). The van der Waals surface area contributed by atoms with Crippen molar-refractivity contribution in [3.63, 3.8) is 0 Å². The van der Waals surface area contributed by atoms with Crippen LogP contribution >= 0.6 is 0 Å². The van der Waals surface area contributed by atoms with Gasteiger partial charge in [0, 0.05) is 25.2 Å². The summed E-state index contributed by atoms with van der Waals surface area (Å²) in [6.07, 6.45) is 2.03. The second-order valence-electron chi connectivity index (χ2n) is 8.44. The number of hydrogen-bond acceptors (Lipinski definition) is 5. The third kappa shape index (κ3) is 3.63. The quantitative estimate of drug-likeness (QED) is 0.514. The number of nitrogens with zero attached hydrogens (tertiary/aromatic N) is 3. The van der Waals surface area contributed by atoms with Gasteiger partial charge in [-0.15, -0.1) is 0 Å². The second kappa shape index (κ2) is 8.40. The molecule has 0 aromatic heterocycles. The van der Waals surface area contributed by atoms with E-state index in [4.69, 9.17) is 4.74 Å². The fraction of sp³-hybridized carbons (Fsp3) is 0.280. The van der Waals surface area contributed by atoms with Crippen molar-refractivity contribution in [1.29, 1.82) is 0 Å². The molecule has 3 aliphatic rings. The van der Waals surface area contributed by atoms with Gasteiger partial charge in [-0.2, -0.15) is 0 Å². The van der Waals surface area contributed by atoms with Crippen LogP contribution in [0.3, 0.4) is 0 Å². The molecule has 9 heteroatoms. The van der Waals surface area contributed by atoms with Gasteiger partial charge in [0.25, 0.3) is 11.8 Å². The lowest BCUT2D eigenvalue weighted by molar-refractivity contribution is -0.126. The molecule has 0 aliphatic carbocycles. The maximum atomic E-state index is 14.6. The molecule has 2 aromatic rings. The highest BCUT2D eigenvalue weighted by molar-refractivity contribution is 6.06. The molecule has 4 amide bonds. The van der Waals surface area contributed by atoms with E-state index >= 15 is 0 Å². The number of halogens is 1. The number of rotatable bonds is 4. The average molecular weight is 463 g/mol. The molecule has 0 bridgehead atoms. The minimum Gasteiger partial charge on any atom is -0.422 e. The number of carbonyl (C=O) groups is 4. The molecule has 2 saturated heterocycles. The van der Waals surface area contributed by atoms with Gasteiger partial charge in [0.15, 0.2) is 0 Å². The van der Waals surface area contributed by atoms with Crippen molar-refractivity contribution in [2.45, 2.75) is 19.4 Å². The minimum atomic E-state index is -0.676. The molecule has 0 unspecified atom stereocenters. The van der Waals surface area contributed by atoms with Crippen LogP contribution in [-0.2, 0) is 9.53 Å². The van der Waals surface area contributed by atoms with Crippen molar-refractivity contribution in [2.24, 2.45) is 0 Å². The first-order valence-electron chi connectivity index (χ1n) is 11.1. The first-order valence-corrected chi connectivity index (χ1v) is 11.1. The van der Waals surface area contributed by atoms with E-state index in [0.29, 0.717) is 42.0 Å². The van der Waals surface area contributed by atoms with Crippen LogP contribution in [0.5, 0.6) is 0 Å². The van der Waals surface area contributed by atoms with Gasteiger partial charge in [-0.3, -0.25) is 14.5 Å². The smallest absolute Gasteiger partial charge is 0.344 e. The molecule has 8 nitrogen and oxygen atoms in total. The predicted octanol–water partition coefficient (Wildman–Crippen LogP) is 2.99. The maximum Gasteiger partial charge on any atom is 0.344 e. The Morgan fingerprint density at radius 1 is 1.15 bits per heavy atom. The van der Waals surface area contributed by atoms with E-state index < -0.39 is 23.7 Å². The number of likely N-dealkylation sites (N-methyl/N-ethyl adjacent to an activating group) is 1. The number of likely N-dealkylation sites (tertiary alicyclic amines) is 1. The normalized spacial score (nSPS) is 21.0. The van der Waals surface area contributed by atoms with Crippen LogP contribution in [0, 0.1) is 5.82 Å². The molecular formula is C25H22FN3O5. The molecule has 0 spiro atoms. The van der Waals surface area contributed by atoms with Crippen LogP contribution in [0.4, 0.5) is 9.18 Å². The molecule has 3 aliphatic heterocycles. The summed E-state index contributed by atoms with van der Waals surface area (Å²) in [6, 6.07) is 10.3. The zero-order chi connectivity index (χ0) is 24.0. The average Bonchev–Trinajstić information content (AvgIpc) is 3.51. The number of cyclic esters (lactones) is 1.